The highest BCUT2D eigenvalue weighted by Gasteiger charge is 2.26. The molecule has 2 aromatic carbocycles. The van der Waals surface area contributed by atoms with Crippen LogP contribution in [0.25, 0.3) is 0 Å². The molecule has 2 amide bonds. The molecule has 2 heterocycles. The molecule has 0 unspecified atom stereocenters. The van der Waals surface area contributed by atoms with E-state index in [1.165, 1.54) is 20.1 Å². The molecule has 4 rings (SSSR count). The van der Waals surface area contributed by atoms with E-state index in [-0.39, 0.29) is 22.0 Å². The van der Waals surface area contributed by atoms with Gasteiger partial charge in [0.05, 0.1) is 24.6 Å². The largest absolute Gasteiger partial charge is 0.495 e. The van der Waals surface area contributed by atoms with E-state index in [4.69, 9.17) is 9.15 Å². The van der Waals surface area contributed by atoms with Crippen molar-refractivity contribution in [3.8, 4) is 5.75 Å². The number of nitrogens with zero attached hydrogens (tertiary/aromatic N) is 2. The highest BCUT2D eigenvalue weighted by atomic mass is 32.2. The number of ether oxygens (including phenoxy) is 1. The maximum Gasteiger partial charge on any atom is 0.433 e. The first-order valence-corrected chi connectivity index (χ1v) is 14.0. The Labute approximate surface area is 230 Å². The van der Waals surface area contributed by atoms with Crippen molar-refractivity contribution in [2.45, 2.75) is 37.1 Å². The van der Waals surface area contributed by atoms with E-state index in [0.717, 1.165) is 31.4 Å². The van der Waals surface area contributed by atoms with Crippen LogP contribution in [-0.2, 0) is 14.8 Å². The molecule has 212 valence electrons. The fourth-order valence-corrected chi connectivity index (χ4v) is 5.59. The number of nitro groups is 1. The first-order chi connectivity index (χ1) is 19.1. The van der Waals surface area contributed by atoms with Crippen LogP contribution in [0, 0.1) is 10.1 Å². The lowest BCUT2D eigenvalue weighted by Crippen LogP contribution is -2.41. The van der Waals surface area contributed by atoms with Crippen LogP contribution in [-0.4, -0.2) is 51.4 Å². The molecule has 1 aliphatic heterocycles. The first-order valence-electron chi connectivity index (χ1n) is 12.5. The summed E-state index contributed by atoms with van der Waals surface area (Å²) in [6.07, 6.45) is 2.91. The van der Waals surface area contributed by atoms with Gasteiger partial charge in [0.25, 0.3) is 15.9 Å². The number of methoxy groups -OCH3 is 1. The van der Waals surface area contributed by atoms with E-state index in [1.54, 1.807) is 36.4 Å². The molecule has 1 fully saturated rings. The Hall–Kier alpha value is -4.59. The number of hydrogen-bond acceptors (Lipinski definition) is 9. The van der Waals surface area contributed by atoms with Crippen molar-refractivity contribution in [3.63, 3.8) is 0 Å². The van der Waals surface area contributed by atoms with Gasteiger partial charge in [-0.3, -0.25) is 24.4 Å². The van der Waals surface area contributed by atoms with Gasteiger partial charge in [0, 0.05) is 18.8 Å². The lowest BCUT2D eigenvalue weighted by Gasteiger charge is -2.30. The van der Waals surface area contributed by atoms with Gasteiger partial charge in [0.1, 0.15) is 21.6 Å². The number of hydrogen-bond donors (Lipinski definition) is 3. The smallest absolute Gasteiger partial charge is 0.433 e. The van der Waals surface area contributed by atoms with Crippen LogP contribution in [0.2, 0.25) is 0 Å². The van der Waals surface area contributed by atoms with Crippen molar-refractivity contribution in [1.82, 2.24) is 5.32 Å². The highest BCUT2D eigenvalue weighted by Crippen LogP contribution is 2.33. The number of sulfonamides is 1. The van der Waals surface area contributed by atoms with Crippen LogP contribution in [0.5, 0.6) is 5.75 Å². The minimum absolute atomic E-state index is 0.0299. The summed E-state index contributed by atoms with van der Waals surface area (Å²) in [5.74, 6) is -2.04. The Kier molecular flexibility index (Phi) is 8.58. The van der Waals surface area contributed by atoms with Crippen molar-refractivity contribution < 1.29 is 32.1 Å². The van der Waals surface area contributed by atoms with E-state index >= 15 is 0 Å². The summed E-state index contributed by atoms with van der Waals surface area (Å²) in [7, 11) is -2.68. The summed E-state index contributed by atoms with van der Waals surface area (Å²) in [6.45, 7) is 2.79. The zero-order valence-electron chi connectivity index (χ0n) is 21.9. The molecule has 1 aromatic heterocycles. The number of benzene rings is 2. The number of anilines is 3. The maximum atomic E-state index is 13.6. The zero-order valence-corrected chi connectivity index (χ0v) is 22.7. The van der Waals surface area contributed by atoms with Crippen LogP contribution < -0.4 is 25.0 Å². The molecular weight excluding hydrogens is 542 g/mol. The van der Waals surface area contributed by atoms with Crippen LogP contribution >= 0.6 is 0 Å². The fourth-order valence-electron chi connectivity index (χ4n) is 4.26. The minimum Gasteiger partial charge on any atom is -0.495 e. The van der Waals surface area contributed by atoms with Gasteiger partial charge in [-0.1, -0.05) is 12.1 Å². The molecule has 1 aliphatic rings. The molecule has 0 spiro atoms. The van der Waals surface area contributed by atoms with Crippen molar-refractivity contribution in [3.05, 3.63) is 70.5 Å². The number of para-hydroxylation sites is 2. The Morgan fingerprint density at radius 3 is 2.48 bits per heavy atom. The highest BCUT2D eigenvalue weighted by molar-refractivity contribution is 7.93. The molecule has 0 saturated carbocycles. The lowest BCUT2D eigenvalue weighted by atomic mass is 10.1. The molecule has 0 aliphatic carbocycles. The summed E-state index contributed by atoms with van der Waals surface area (Å²) in [4.78, 5) is 37.2. The minimum atomic E-state index is -4.12. The maximum absolute atomic E-state index is 13.6. The average Bonchev–Trinajstić information content (AvgIpc) is 3.45. The fraction of sp³-hybridized carbons (Fsp3) is 0.308. The average molecular weight is 572 g/mol. The number of piperidine rings is 1. The van der Waals surface area contributed by atoms with Crippen molar-refractivity contribution in [1.29, 1.82) is 0 Å². The Balaban J connectivity index is 1.57. The molecule has 14 heteroatoms. The topological polar surface area (TPSA) is 173 Å². The van der Waals surface area contributed by atoms with Gasteiger partial charge in [-0.25, -0.2) is 8.42 Å². The van der Waals surface area contributed by atoms with Crippen molar-refractivity contribution in [2.24, 2.45) is 0 Å². The van der Waals surface area contributed by atoms with E-state index in [0.29, 0.717) is 24.5 Å². The molecule has 0 bridgehead atoms. The molecule has 3 aromatic rings. The van der Waals surface area contributed by atoms with Gasteiger partial charge >= 0.3 is 5.88 Å². The van der Waals surface area contributed by atoms with Crippen molar-refractivity contribution >= 4 is 44.8 Å². The SMILES string of the molecule is COc1ccccc1NS(=O)(=O)c1cc(NC(=O)[C@H](C)NC(=O)c2ccc([N+](=O)[O-])o2)ccc1N1CCCCC1. The molecule has 1 atom stereocenters. The molecule has 0 radical (unpaired) electrons. The third-order valence-corrected chi connectivity index (χ3v) is 7.70. The normalized spacial score (nSPS) is 14.2. The van der Waals surface area contributed by atoms with Gasteiger partial charge in [-0.15, -0.1) is 0 Å². The Morgan fingerprint density at radius 1 is 1.07 bits per heavy atom. The Morgan fingerprint density at radius 2 is 1.80 bits per heavy atom. The molecular formula is C26H29N5O8S. The van der Waals surface area contributed by atoms with E-state index in [2.05, 4.69) is 15.4 Å². The van der Waals surface area contributed by atoms with E-state index < -0.39 is 38.7 Å². The monoisotopic (exact) mass is 571 g/mol. The van der Waals surface area contributed by atoms with Gasteiger partial charge in [-0.2, -0.15) is 0 Å². The summed E-state index contributed by atoms with van der Waals surface area (Å²) in [5.41, 5.74) is 0.959. The van der Waals surface area contributed by atoms with Crippen molar-refractivity contribution in [2.75, 3.05) is 35.1 Å². The molecule has 1 saturated heterocycles. The number of nitrogens with one attached hydrogen (secondary N) is 3. The lowest BCUT2D eigenvalue weighted by molar-refractivity contribution is -0.402. The number of furan rings is 1. The predicted octanol–water partition coefficient (Wildman–Crippen LogP) is 3.74. The standard InChI is InChI=1S/C26H29N5O8S/c1-17(27-26(33)22-12-13-24(39-22)31(34)35)25(32)28-18-10-11-20(30-14-6-3-7-15-30)23(16-18)40(36,37)29-19-8-4-5-9-21(19)38-2/h4-5,8-13,16-17,29H,3,6-7,14-15H2,1-2H3,(H,27,33)(H,28,32)/t17-/m0/s1. The molecule has 13 nitrogen and oxygen atoms in total. The number of amides is 2. The number of rotatable bonds is 10. The number of carbonyl (C=O) groups excluding carboxylic acids is 2. The third kappa shape index (κ3) is 6.51. The first kappa shape index (κ1) is 28.4. The van der Waals surface area contributed by atoms with Crippen LogP contribution in [0.1, 0.15) is 36.7 Å². The second kappa shape index (κ2) is 12.1. The summed E-state index contributed by atoms with van der Waals surface area (Å²) in [6, 6.07) is 12.3. The predicted molar refractivity (Wildman–Crippen MR) is 147 cm³/mol. The van der Waals surface area contributed by atoms with Gasteiger partial charge in [-0.05, 0) is 62.6 Å². The quantitative estimate of drug-likeness (QED) is 0.242. The van der Waals surface area contributed by atoms with E-state index in [9.17, 15) is 28.1 Å². The molecule has 40 heavy (non-hydrogen) atoms. The second-order valence-electron chi connectivity index (χ2n) is 9.12. The van der Waals surface area contributed by atoms with Crippen LogP contribution in [0.4, 0.5) is 22.9 Å². The molecule has 3 N–H and O–H groups in total. The number of carbonyl (C=O) groups is 2. The Bertz CT molecular complexity index is 1510. The van der Waals surface area contributed by atoms with Crippen LogP contribution in [0.15, 0.2) is 63.9 Å². The summed E-state index contributed by atoms with van der Waals surface area (Å²) < 4.78 is 40.0. The zero-order chi connectivity index (χ0) is 28.9. The summed E-state index contributed by atoms with van der Waals surface area (Å²) in [5, 5.41) is 15.8. The summed E-state index contributed by atoms with van der Waals surface area (Å²) >= 11 is 0. The van der Waals surface area contributed by atoms with E-state index in [1.807, 2.05) is 4.90 Å². The second-order valence-corrected chi connectivity index (χ2v) is 10.8. The van der Waals surface area contributed by atoms with Gasteiger partial charge in [0.2, 0.25) is 5.91 Å². The van der Waals surface area contributed by atoms with Gasteiger partial charge in [0.15, 0.2) is 5.76 Å². The van der Waals surface area contributed by atoms with Crippen LogP contribution in [0.3, 0.4) is 0 Å². The van der Waals surface area contributed by atoms with Gasteiger partial charge < -0.3 is 24.7 Å². The third-order valence-electron chi connectivity index (χ3n) is 6.30.